The maximum atomic E-state index is 12.4. The lowest BCUT2D eigenvalue weighted by Crippen LogP contribution is -2.48. The second kappa shape index (κ2) is 7.70. The van der Waals surface area contributed by atoms with Crippen molar-refractivity contribution in [1.29, 1.82) is 0 Å². The van der Waals surface area contributed by atoms with Gasteiger partial charge in [0.1, 0.15) is 12.7 Å². The van der Waals surface area contributed by atoms with Gasteiger partial charge in [0.2, 0.25) is 5.91 Å². The van der Waals surface area contributed by atoms with Crippen LogP contribution in [0.1, 0.15) is 24.6 Å². The fraction of sp³-hybridized carbons (Fsp3) is 0.562. The minimum atomic E-state index is -0.102. The van der Waals surface area contributed by atoms with Crippen LogP contribution in [-0.2, 0) is 17.8 Å². The summed E-state index contributed by atoms with van der Waals surface area (Å²) in [6.45, 7) is 4.47. The number of thiophene rings is 1. The predicted octanol–water partition coefficient (Wildman–Crippen LogP) is 1.55. The van der Waals surface area contributed by atoms with Crippen LogP contribution in [0.4, 0.5) is 0 Å². The first-order valence-corrected chi connectivity index (χ1v) is 9.00. The maximum absolute atomic E-state index is 12.4. The minimum Gasteiger partial charge on any atom is -0.354 e. The number of likely N-dealkylation sites (tertiary alicyclic amines) is 1. The van der Waals surface area contributed by atoms with Crippen LogP contribution in [0.2, 0.25) is 0 Å². The van der Waals surface area contributed by atoms with Gasteiger partial charge in [0.15, 0.2) is 0 Å². The maximum Gasteiger partial charge on any atom is 0.237 e. The van der Waals surface area contributed by atoms with Gasteiger partial charge in [0.05, 0.1) is 12.6 Å². The molecule has 2 aromatic heterocycles. The van der Waals surface area contributed by atoms with Crippen molar-refractivity contribution in [2.45, 2.75) is 44.8 Å². The lowest BCUT2D eigenvalue weighted by Gasteiger charge is -2.29. The van der Waals surface area contributed by atoms with Crippen LogP contribution in [0.25, 0.3) is 0 Å². The van der Waals surface area contributed by atoms with E-state index in [9.17, 15) is 4.79 Å². The monoisotopic (exact) mass is 333 g/mol. The number of carbonyl (C=O) groups excluding carboxylic acids is 1. The van der Waals surface area contributed by atoms with E-state index >= 15 is 0 Å². The predicted molar refractivity (Wildman–Crippen MR) is 90.2 cm³/mol. The van der Waals surface area contributed by atoms with E-state index in [0.717, 1.165) is 32.4 Å². The molecule has 0 bridgehead atoms. The molecule has 2 aromatic rings. The molecule has 1 N–H and O–H groups in total. The van der Waals surface area contributed by atoms with Gasteiger partial charge in [-0.3, -0.25) is 14.4 Å². The normalized spacial score (nSPS) is 19.8. The molecule has 7 heteroatoms. The summed E-state index contributed by atoms with van der Waals surface area (Å²) in [5.74, 6) is 0.118. The topological polar surface area (TPSA) is 63.1 Å². The Morgan fingerprint density at radius 1 is 1.57 bits per heavy atom. The van der Waals surface area contributed by atoms with Crippen LogP contribution in [0.15, 0.2) is 30.2 Å². The fourth-order valence-corrected chi connectivity index (χ4v) is 3.88. The van der Waals surface area contributed by atoms with Crippen molar-refractivity contribution in [3.05, 3.63) is 35.0 Å². The largest absolute Gasteiger partial charge is 0.354 e. The number of rotatable bonds is 7. The van der Waals surface area contributed by atoms with Crippen molar-refractivity contribution in [1.82, 2.24) is 25.0 Å². The molecule has 0 saturated carbocycles. The summed E-state index contributed by atoms with van der Waals surface area (Å²) >= 11 is 1.73. The second-order valence-corrected chi connectivity index (χ2v) is 6.98. The highest BCUT2D eigenvalue weighted by molar-refractivity contribution is 7.09. The van der Waals surface area contributed by atoms with Crippen molar-refractivity contribution < 1.29 is 4.79 Å². The first-order valence-electron chi connectivity index (χ1n) is 8.12. The Balaban J connectivity index is 1.49. The smallest absolute Gasteiger partial charge is 0.237 e. The van der Waals surface area contributed by atoms with Gasteiger partial charge in [-0.25, -0.2) is 4.98 Å². The van der Waals surface area contributed by atoms with E-state index in [4.69, 9.17) is 0 Å². The van der Waals surface area contributed by atoms with E-state index in [1.165, 1.54) is 4.88 Å². The molecule has 1 amide bonds. The van der Waals surface area contributed by atoms with Crippen molar-refractivity contribution in [3.8, 4) is 0 Å². The quantitative estimate of drug-likeness (QED) is 0.835. The first-order chi connectivity index (χ1) is 11.2. The van der Waals surface area contributed by atoms with Crippen molar-refractivity contribution in [3.63, 3.8) is 0 Å². The molecule has 1 aliphatic heterocycles. The van der Waals surface area contributed by atoms with Gasteiger partial charge in [0, 0.05) is 17.5 Å². The van der Waals surface area contributed by atoms with Gasteiger partial charge in [-0.2, -0.15) is 5.10 Å². The Morgan fingerprint density at radius 2 is 2.48 bits per heavy atom. The summed E-state index contributed by atoms with van der Waals surface area (Å²) < 4.78 is 1.85. The highest BCUT2D eigenvalue weighted by Crippen LogP contribution is 2.21. The Morgan fingerprint density at radius 3 is 3.22 bits per heavy atom. The first kappa shape index (κ1) is 16.1. The lowest BCUT2D eigenvalue weighted by molar-refractivity contribution is -0.126. The van der Waals surface area contributed by atoms with Crippen molar-refractivity contribution in [2.75, 3.05) is 13.1 Å². The van der Waals surface area contributed by atoms with E-state index in [1.807, 2.05) is 17.7 Å². The Labute approximate surface area is 140 Å². The standard InChI is InChI=1S/C16H23N5OS/c1-13(16(22)18-7-6-15-5-3-9-23-15)21-8-2-4-14(21)10-20-12-17-11-19-20/h3,5,9,11-14H,2,4,6-8,10H2,1H3,(H,18,22)/t13-,14-/m0/s1. The van der Waals surface area contributed by atoms with Crippen LogP contribution in [0, 0.1) is 0 Å². The van der Waals surface area contributed by atoms with Gasteiger partial charge in [-0.1, -0.05) is 6.07 Å². The van der Waals surface area contributed by atoms with Crippen LogP contribution in [0.5, 0.6) is 0 Å². The summed E-state index contributed by atoms with van der Waals surface area (Å²) in [5, 5.41) is 9.31. The molecular weight excluding hydrogens is 310 g/mol. The zero-order valence-electron chi connectivity index (χ0n) is 13.4. The minimum absolute atomic E-state index is 0.102. The van der Waals surface area contributed by atoms with Crippen molar-refractivity contribution in [2.24, 2.45) is 0 Å². The molecule has 3 heterocycles. The molecule has 1 fully saturated rings. The summed E-state index contributed by atoms with van der Waals surface area (Å²) in [6.07, 6.45) is 6.43. The molecule has 0 radical (unpaired) electrons. The SMILES string of the molecule is C[C@@H](C(=O)NCCc1cccs1)N1CCC[C@H]1Cn1cncn1. The molecule has 6 nitrogen and oxygen atoms in total. The van der Waals surface area contributed by atoms with Gasteiger partial charge in [-0.05, 0) is 44.2 Å². The van der Waals surface area contributed by atoms with Gasteiger partial charge < -0.3 is 5.32 Å². The van der Waals surface area contributed by atoms with E-state index in [1.54, 1.807) is 24.0 Å². The molecule has 124 valence electrons. The van der Waals surface area contributed by atoms with E-state index < -0.39 is 0 Å². The van der Waals surface area contributed by atoms with Crippen molar-refractivity contribution >= 4 is 17.2 Å². The number of nitrogens with zero attached hydrogens (tertiary/aromatic N) is 4. The second-order valence-electron chi connectivity index (χ2n) is 5.95. The van der Waals surface area contributed by atoms with Gasteiger partial charge in [-0.15, -0.1) is 11.3 Å². The molecule has 0 aromatic carbocycles. The molecule has 0 aliphatic carbocycles. The van der Waals surface area contributed by atoms with Crippen LogP contribution >= 0.6 is 11.3 Å². The third-order valence-corrected chi connectivity index (χ3v) is 5.35. The number of nitrogens with one attached hydrogen (secondary N) is 1. The number of aromatic nitrogens is 3. The zero-order valence-corrected chi connectivity index (χ0v) is 14.2. The molecule has 3 rings (SSSR count). The van der Waals surface area contributed by atoms with Gasteiger partial charge >= 0.3 is 0 Å². The summed E-state index contributed by atoms with van der Waals surface area (Å²) in [7, 11) is 0. The lowest BCUT2D eigenvalue weighted by atomic mass is 10.2. The van der Waals surface area contributed by atoms with Crippen LogP contribution in [0.3, 0.4) is 0 Å². The van der Waals surface area contributed by atoms with Crippen LogP contribution < -0.4 is 5.32 Å². The number of hydrogen-bond acceptors (Lipinski definition) is 5. The number of hydrogen-bond donors (Lipinski definition) is 1. The van der Waals surface area contributed by atoms with E-state index in [2.05, 4.69) is 31.7 Å². The highest BCUT2D eigenvalue weighted by Gasteiger charge is 2.32. The number of amides is 1. The molecule has 1 saturated heterocycles. The Hall–Kier alpha value is -1.73. The summed E-state index contributed by atoms with van der Waals surface area (Å²) in [4.78, 5) is 20.0. The zero-order chi connectivity index (χ0) is 16.1. The average molecular weight is 333 g/mol. The van der Waals surface area contributed by atoms with E-state index in [-0.39, 0.29) is 11.9 Å². The van der Waals surface area contributed by atoms with Crippen LogP contribution in [-0.4, -0.2) is 50.7 Å². The molecule has 0 unspecified atom stereocenters. The molecular formula is C16H23N5OS. The Bertz CT molecular complexity index is 598. The van der Waals surface area contributed by atoms with E-state index in [0.29, 0.717) is 12.6 Å². The Kier molecular flexibility index (Phi) is 5.40. The highest BCUT2D eigenvalue weighted by atomic mass is 32.1. The summed E-state index contributed by atoms with van der Waals surface area (Å²) in [6, 6.07) is 4.40. The molecule has 0 spiro atoms. The third-order valence-electron chi connectivity index (χ3n) is 4.41. The average Bonchev–Trinajstić information content (AvgIpc) is 3.29. The molecule has 1 aliphatic rings. The third kappa shape index (κ3) is 4.17. The van der Waals surface area contributed by atoms with Gasteiger partial charge in [0.25, 0.3) is 0 Å². The molecule has 23 heavy (non-hydrogen) atoms. The number of carbonyl (C=O) groups is 1. The molecule has 2 atom stereocenters. The fourth-order valence-electron chi connectivity index (χ4n) is 3.17. The summed E-state index contributed by atoms with van der Waals surface area (Å²) in [5.41, 5.74) is 0.